The number of ether oxygens (including phenoxy) is 1. The predicted octanol–water partition coefficient (Wildman–Crippen LogP) is 3.05. The minimum absolute atomic E-state index is 0.0231. The summed E-state index contributed by atoms with van der Waals surface area (Å²) >= 11 is 1.57. The molecule has 1 saturated heterocycles. The van der Waals surface area contributed by atoms with Gasteiger partial charge in [0.05, 0.1) is 11.9 Å². The number of nitrogens with one attached hydrogen (secondary N) is 1. The Morgan fingerprint density at radius 2 is 2.08 bits per heavy atom. The summed E-state index contributed by atoms with van der Waals surface area (Å²) in [7, 11) is 0. The van der Waals surface area contributed by atoms with E-state index in [1.807, 2.05) is 20.8 Å². The molecule has 0 radical (unpaired) electrons. The molecular weight excluding hydrogens is 355 g/mol. The molecule has 1 aromatic carbocycles. The van der Waals surface area contributed by atoms with Gasteiger partial charge in [-0.2, -0.15) is 0 Å². The SMILES string of the molecule is CCC(=O)N1CSCC1C(=O)NC(COc1ccccc1F)C(C)(C)C. The number of halogens is 1. The summed E-state index contributed by atoms with van der Waals surface area (Å²) in [5.41, 5.74) is -0.285. The zero-order valence-corrected chi connectivity index (χ0v) is 16.6. The van der Waals surface area contributed by atoms with Crippen LogP contribution < -0.4 is 10.1 Å². The molecule has 1 aliphatic heterocycles. The Morgan fingerprint density at radius 1 is 1.38 bits per heavy atom. The summed E-state index contributed by atoms with van der Waals surface area (Å²) < 4.78 is 19.4. The molecular formula is C19H27FN2O3S. The second-order valence-corrected chi connectivity index (χ2v) is 8.40. The van der Waals surface area contributed by atoms with E-state index >= 15 is 0 Å². The molecule has 2 atom stereocenters. The third kappa shape index (κ3) is 5.13. The van der Waals surface area contributed by atoms with Gasteiger partial charge in [0.15, 0.2) is 11.6 Å². The van der Waals surface area contributed by atoms with Crippen molar-refractivity contribution < 1.29 is 18.7 Å². The van der Waals surface area contributed by atoms with Gasteiger partial charge < -0.3 is 15.0 Å². The molecule has 2 amide bonds. The van der Waals surface area contributed by atoms with E-state index in [1.54, 1.807) is 41.8 Å². The minimum Gasteiger partial charge on any atom is -0.488 e. The van der Waals surface area contributed by atoms with Crippen molar-refractivity contribution in [2.45, 2.75) is 46.2 Å². The van der Waals surface area contributed by atoms with Crippen molar-refractivity contribution in [1.82, 2.24) is 10.2 Å². The number of thioether (sulfide) groups is 1. The molecule has 1 heterocycles. The summed E-state index contributed by atoms with van der Waals surface area (Å²) in [5.74, 6) is 0.645. The van der Waals surface area contributed by atoms with Gasteiger partial charge in [0, 0.05) is 12.2 Å². The zero-order chi connectivity index (χ0) is 19.3. The van der Waals surface area contributed by atoms with E-state index in [1.165, 1.54) is 6.07 Å². The van der Waals surface area contributed by atoms with Gasteiger partial charge in [0.1, 0.15) is 12.6 Å². The fourth-order valence-electron chi connectivity index (χ4n) is 2.62. The standard InChI is InChI=1S/C19H27FN2O3S/c1-5-17(23)22-12-26-11-14(22)18(24)21-16(19(2,3)4)10-25-15-9-7-6-8-13(15)20/h6-9,14,16H,5,10-12H2,1-4H3,(H,21,24). The van der Waals surface area contributed by atoms with Gasteiger partial charge in [-0.05, 0) is 17.5 Å². The van der Waals surface area contributed by atoms with Gasteiger partial charge >= 0.3 is 0 Å². The number of nitrogens with zero attached hydrogens (tertiary/aromatic N) is 1. The van der Waals surface area contributed by atoms with Crippen LogP contribution in [0.25, 0.3) is 0 Å². The van der Waals surface area contributed by atoms with E-state index in [2.05, 4.69) is 5.32 Å². The van der Waals surface area contributed by atoms with Crippen LogP contribution in [-0.2, 0) is 9.59 Å². The highest BCUT2D eigenvalue weighted by molar-refractivity contribution is 7.99. The van der Waals surface area contributed by atoms with Crippen molar-refractivity contribution in [3.63, 3.8) is 0 Å². The smallest absolute Gasteiger partial charge is 0.244 e. The Balaban J connectivity index is 2.04. The van der Waals surface area contributed by atoms with Crippen molar-refractivity contribution in [1.29, 1.82) is 0 Å². The normalized spacial score (nSPS) is 18.5. The zero-order valence-electron chi connectivity index (χ0n) is 15.8. The van der Waals surface area contributed by atoms with Gasteiger partial charge in [0.2, 0.25) is 11.8 Å². The monoisotopic (exact) mass is 382 g/mol. The molecule has 2 rings (SSSR count). The van der Waals surface area contributed by atoms with Crippen molar-refractivity contribution in [3.8, 4) is 5.75 Å². The second kappa shape index (κ2) is 8.75. The summed E-state index contributed by atoms with van der Waals surface area (Å²) in [4.78, 5) is 26.4. The number of carbonyl (C=O) groups excluding carboxylic acids is 2. The fraction of sp³-hybridized carbons (Fsp3) is 0.579. The van der Waals surface area contributed by atoms with E-state index in [0.29, 0.717) is 18.1 Å². The molecule has 5 nitrogen and oxygen atoms in total. The molecule has 1 aromatic rings. The maximum absolute atomic E-state index is 13.8. The quantitative estimate of drug-likeness (QED) is 0.822. The fourth-order valence-corrected chi connectivity index (χ4v) is 3.80. The molecule has 0 bridgehead atoms. The lowest BCUT2D eigenvalue weighted by Gasteiger charge is -2.33. The second-order valence-electron chi connectivity index (χ2n) is 7.40. The third-order valence-electron chi connectivity index (χ3n) is 4.41. The Labute approximate surface area is 158 Å². The summed E-state index contributed by atoms with van der Waals surface area (Å²) in [6.45, 7) is 7.90. The molecule has 2 unspecified atom stereocenters. The number of rotatable bonds is 6. The van der Waals surface area contributed by atoms with Crippen LogP contribution in [0, 0.1) is 11.2 Å². The number of hydrogen-bond acceptors (Lipinski definition) is 4. The molecule has 0 saturated carbocycles. The number of amides is 2. The Bertz CT molecular complexity index is 648. The first-order valence-corrected chi connectivity index (χ1v) is 9.94. The molecule has 0 aromatic heterocycles. The average molecular weight is 383 g/mol. The van der Waals surface area contributed by atoms with Crippen LogP contribution in [0.5, 0.6) is 5.75 Å². The van der Waals surface area contributed by atoms with Crippen molar-refractivity contribution >= 4 is 23.6 Å². The predicted molar refractivity (Wildman–Crippen MR) is 102 cm³/mol. The third-order valence-corrected chi connectivity index (χ3v) is 5.42. The maximum Gasteiger partial charge on any atom is 0.244 e. The first kappa shape index (κ1) is 20.6. The van der Waals surface area contributed by atoms with Crippen LogP contribution in [-0.4, -0.2) is 47.0 Å². The number of benzene rings is 1. The minimum atomic E-state index is -0.467. The lowest BCUT2D eigenvalue weighted by Crippen LogP contribution is -2.54. The highest BCUT2D eigenvalue weighted by Gasteiger charge is 2.36. The Morgan fingerprint density at radius 3 is 2.69 bits per heavy atom. The van der Waals surface area contributed by atoms with Crippen LogP contribution in [0.4, 0.5) is 4.39 Å². The van der Waals surface area contributed by atoms with E-state index < -0.39 is 11.9 Å². The summed E-state index contributed by atoms with van der Waals surface area (Å²) in [6.07, 6.45) is 0.378. The van der Waals surface area contributed by atoms with Crippen LogP contribution in [0.2, 0.25) is 0 Å². The van der Waals surface area contributed by atoms with Crippen molar-refractivity contribution in [2.24, 2.45) is 5.41 Å². The average Bonchev–Trinajstić information content (AvgIpc) is 3.07. The van der Waals surface area contributed by atoms with Crippen LogP contribution >= 0.6 is 11.8 Å². The van der Waals surface area contributed by atoms with Crippen molar-refractivity contribution in [3.05, 3.63) is 30.1 Å². The molecule has 144 valence electrons. The Hall–Kier alpha value is -1.76. The first-order valence-electron chi connectivity index (χ1n) is 8.79. The molecule has 26 heavy (non-hydrogen) atoms. The highest BCUT2D eigenvalue weighted by Crippen LogP contribution is 2.25. The molecule has 1 fully saturated rings. The number of carbonyl (C=O) groups is 2. The molecule has 7 heteroatoms. The molecule has 0 spiro atoms. The summed E-state index contributed by atoms with van der Waals surface area (Å²) in [5, 5.41) is 3.00. The molecule has 1 aliphatic rings. The van der Waals surface area contributed by atoms with Crippen molar-refractivity contribution in [2.75, 3.05) is 18.2 Å². The van der Waals surface area contributed by atoms with Gasteiger partial charge in [-0.3, -0.25) is 9.59 Å². The molecule has 1 N–H and O–H groups in total. The van der Waals surface area contributed by atoms with E-state index in [0.717, 1.165) is 0 Å². The van der Waals surface area contributed by atoms with Gasteiger partial charge in [-0.15, -0.1) is 11.8 Å². The van der Waals surface area contributed by atoms with E-state index in [4.69, 9.17) is 4.74 Å². The Kier molecular flexibility index (Phi) is 6.92. The maximum atomic E-state index is 13.8. The number of para-hydroxylation sites is 1. The molecule has 0 aliphatic carbocycles. The summed E-state index contributed by atoms with van der Waals surface area (Å²) in [6, 6.07) is 5.41. The van der Waals surface area contributed by atoms with Crippen LogP contribution in [0.15, 0.2) is 24.3 Å². The topological polar surface area (TPSA) is 58.6 Å². The van der Waals surface area contributed by atoms with Gasteiger partial charge in [-0.1, -0.05) is 39.8 Å². The highest BCUT2D eigenvalue weighted by atomic mass is 32.2. The lowest BCUT2D eigenvalue weighted by atomic mass is 9.87. The van der Waals surface area contributed by atoms with E-state index in [9.17, 15) is 14.0 Å². The van der Waals surface area contributed by atoms with Crippen LogP contribution in [0.1, 0.15) is 34.1 Å². The lowest BCUT2D eigenvalue weighted by molar-refractivity contribution is -0.138. The first-order chi connectivity index (χ1) is 12.2. The van der Waals surface area contributed by atoms with Gasteiger partial charge in [0.25, 0.3) is 0 Å². The number of hydrogen-bond donors (Lipinski definition) is 1. The van der Waals surface area contributed by atoms with Crippen LogP contribution in [0.3, 0.4) is 0 Å². The van der Waals surface area contributed by atoms with Gasteiger partial charge in [-0.25, -0.2) is 4.39 Å². The van der Waals surface area contributed by atoms with E-state index in [-0.39, 0.29) is 35.6 Å². The largest absolute Gasteiger partial charge is 0.488 e.